The van der Waals surface area contributed by atoms with E-state index in [-0.39, 0.29) is 5.76 Å². The Labute approximate surface area is 113 Å². The van der Waals surface area contributed by atoms with Crippen LogP contribution in [-0.4, -0.2) is 5.91 Å². The van der Waals surface area contributed by atoms with Gasteiger partial charge in [-0.05, 0) is 36.8 Å². The van der Waals surface area contributed by atoms with E-state index in [1.807, 2.05) is 0 Å². The molecular weight excluding hydrogens is 271 g/mol. The van der Waals surface area contributed by atoms with Crippen molar-refractivity contribution in [3.63, 3.8) is 0 Å². The van der Waals surface area contributed by atoms with Gasteiger partial charge in [0, 0.05) is 0 Å². The van der Waals surface area contributed by atoms with Gasteiger partial charge in [0.2, 0.25) is 0 Å². The van der Waals surface area contributed by atoms with Crippen LogP contribution in [0, 0.1) is 0 Å². The molecule has 1 N–H and O–H groups in total. The summed E-state index contributed by atoms with van der Waals surface area (Å²) in [4.78, 5) is 11.7. The summed E-state index contributed by atoms with van der Waals surface area (Å²) in [6.07, 6.45) is -3.05. The number of furan rings is 1. The second-order valence-corrected chi connectivity index (χ2v) is 4.30. The van der Waals surface area contributed by atoms with Gasteiger partial charge in [-0.3, -0.25) is 4.79 Å². The minimum absolute atomic E-state index is 0.115. The molecule has 2 rings (SSSR count). The highest BCUT2D eigenvalue weighted by molar-refractivity contribution is 5.91. The zero-order valence-corrected chi connectivity index (χ0v) is 10.6. The minimum Gasteiger partial charge on any atom is -0.459 e. The topological polar surface area (TPSA) is 42.2 Å². The SMILES string of the molecule is C[C@@H](NC(=O)c1ccco1)c1cccc(C(F)(F)F)c1. The largest absolute Gasteiger partial charge is 0.459 e. The molecule has 0 aliphatic heterocycles. The van der Waals surface area contributed by atoms with Crippen molar-refractivity contribution in [1.82, 2.24) is 5.32 Å². The van der Waals surface area contributed by atoms with Crippen LogP contribution in [0.25, 0.3) is 0 Å². The quantitative estimate of drug-likeness (QED) is 0.931. The van der Waals surface area contributed by atoms with Gasteiger partial charge in [-0.15, -0.1) is 0 Å². The van der Waals surface area contributed by atoms with E-state index in [1.165, 1.54) is 24.5 Å². The van der Waals surface area contributed by atoms with Crippen LogP contribution in [0.1, 0.15) is 34.6 Å². The summed E-state index contributed by atoms with van der Waals surface area (Å²) in [5, 5.41) is 2.58. The summed E-state index contributed by atoms with van der Waals surface area (Å²) >= 11 is 0. The van der Waals surface area contributed by atoms with Gasteiger partial charge in [-0.1, -0.05) is 12.1 Å². The second-order valence-electron chi connectivity index (χ2n) is 4.30. The van der Waals surface area contributed by atoms with Crippen LogP contribution in [0.15, 0.2) is 47.1 Å². The van der Waals surface area contributed by atoms with E-state index in [9.17, 15) is 18.0 Å². The van der Waals surface area contributed by atoms with Crippen LogP contribution in [0.5, 0.6) is 0 Å². The fourth-order valence-electron chi connectivity index (χ4n) is 1.74. The van der Waals surface area contributed by atoms with Gasteiger partial charge in [0.05, 0.1) is 17.9 Å². The molecule has 0 radical (unpaired) electrons. The van der Waals surface area contributed by atoms with E-state index in [0.29, 0.717) is 5.56 Å². The highest BCUT2D eigenvalue weighted by Crippen LogP contribution is 2.30. The normalized spacial score (nSPS) is 13.0. The zero-order valence-electron chi connectivity index (χ0n) is 10.6. The lowest BCUT2D eigenvalue weighted by molar-refractivity contribution is -0.137. The first-order valence-corrected chi connectivity index (χ1v) is 5.89. The van der Waals surface area contributed by atoms with Crippen molar-refractivity contribution in [2.24, 2.45) is 0 Å². The second kappa shape index (κ2) is 5.40. The molecule has 0 aliphatic carbocycles. The summed E-state index contributed by atoms with van der Waals surface area (Å²) < 4.78 is 42.8. The number of benzene rings is 1. The number of nitrogens with one attached hydrogen (secondary N) is 1. The molecule has 0 spiro atoms. The van der Waals surface area contributed by atoms with Crippen molar-refractivity contribution in [3.8, 4) is 0 Å². The van der Waals surface area contributed by atoms with Crippen LogP contribution in [0.4, 0.5) is 13.2 Å². The number of alkyl halides is 3. The summed E-state index contributed by atoms with van der Waals surface area (Å²) in [7, 11) is 0. The molecule has 0 saturated heterocycles. The first-order chi connectivity index (χ1) is 9.38. The number of halogens is 3. The lowest BCUT2D eigenvalue weighted by Crippen LogP contribution is -2.26. The van der Waals surface area contributed by atoms with E-state index in [4.69, 9.17) is 4.42 Å². The third-order valence-corrected chi connectivity index (χ3v) is 2.81. The Bertz CT molecular complexity index is 591. The first kappa shape index (κ1) is 14.2. The number of rotatable bonds is 3. The third kappa shape index (κ3) is 3.20. The van der Waals surface area contributed by atoms with Crippen LogP contribution in [-0.2, 0) is 6.18 Å². The average Bonchev–Trinajstić information content (AvgIpc) is 2.91. The van der Waals surface area contributed by atoms with E-state index in [2.05, 4.69) is 5.32 Å². The number of hydrogen-bond donors (Lipinski definition) is 1. The van der Waals surface area contributed by atoms with Crippen LogP contribution < -0.4 is 5.32 Å². The maximum atomic E-state index is 12.6. The van der Waals surface area contributed by atoms with Crippen molar-refractivity contribution in [1.29, 1.82) is 0 Å². The molecule has 1 amide bonds. The molecule has 20 heavy (non-hydrogen) atoms. The summed E-state index contributed by atoms with van der Waals surface area (Å²) in [6, 6.07) is 7.33. The van der Waals surface area contributed by atoms with E-state index >= 15 is 0 Å². The zero-order chi connectivity index (χ0) is 14.8. The van der Waals surface area contributed by atoms with E-state index in [1.54, 1.807) is 13.0 Å². The maximum absolute atomic E-state index is 12.6. The van der Waals surface area contributed by atoms with Gasteiger partial charge in [-0.25, -0.2) is 0 Å². The number of carbonyl (C=O) groups excluding carboxylic acids is 1. The molecule has 2 aromatic rings. The monoisotopic (exact) mass is 283 g/mol. The lowest BCUT2D eigenvalue weighted by atomic mass is 10.0. The molecule has 1 aromatic heterocycles. The molecule has 1 atom stereocenters. The standard InChI is InChI=1S/C14H12F3NO2/c1-9(18-13(19)12-6-3-7-20-12)10-4-2-5-11(8-10)14(15,16)17/h2-9H,1H3,(H,18,19)/t9-/m1/s1. The van der Waals surface area contributed by atoms with Crippen molar-refractivity contribution in [2.75, 3.05) is 0 Å². The van der Waals surface area contributed by atoms with Gasteiger partial charge in [-0.2, -0.15) is 13.2 Å². The Kier molecular flexibility index (Phi) is 3.83. The van der Waals surface area contributed by atoms with Crippen molar-refractivity contribution >= 4 is 5.91 Å². The molecule has 6 heteroatoms. The Morgan fingerprint density at radius 2 is 2.00 bits per heavy atom. The van der Waals surface area contributed by atoms with Crippen molar-refractivity contribution in [2.45, 2.75) is 19.1 Å². The number of carbonyl (C=O) groups is 1. The Hall–Kier alpha value is -2.24. The maximum Gasteiger partial charge on any atom is 0.416 e. The van der Waals surface area contributed by atoms with Gasteiger partial charge in [0.1, 0.15) is 0 Å². The number of amides is 1. The predicted molar refractivity (Wildman–Crippen MR) is 66.0 cm³/mol. The smallest absolute Gasteiger partial charge is 0.416 e. The Morgan fingerprint density at radius 1 is 1.25 bits per heavy atom. The van der Waals surface area contributed by atoms with E-state index in [0.717, 1.165) is 12.1 Å². The fourth-order valence-corrected chi connectivity index (χ4v) is 1.74. The predicted octanol–water partition coefficient (Wildman–Crippen LogP) is 3.79. The molecule has 106 valence electrons. The molecule has 0 fully saturated rings. The van der Waals surface area contributed by atoms with Crippen LogP contribution >= 0.6 is 0 Å². The Balaban J connectivity index is 2.13. The lowest BCUT2D eigenvalue weighted by Gasteiger charge is -2.15. The first-order valence-electron chi connectivity index (χ1n) is 5.89. The van der Waals surface area contributed by atoms with Crippen molar-refractivity contribution in [3.05, 3.63) is 59.5 Å². The minimum atomic E-state index is -4.40. The number of hydrogen-bond acceptors (Lipinski definition) is 2. The fraction of sp³-hybridized carbons (Fsp3) is 0.214. The highest BCUT2D eigenvalue weighted by atomic mass is 19.4. The molecule has 1 aromatic carbocycles. The molecule has 0 unspecified atom stereocenters. The molecule has 0 bridgehead atoms. The van der Waals surface area contributed by atoms with E-state index < -0.39 is 23.7 Å². The molecule has 3 nitrogen and oxygen atoms in total. The van der Waals surface area contributed by atoms with Gasteiger partial charge in [0.15, 0.2) is 5.76 Å². The molecule has 1 heterocycles. The van der Waals surface area contributed by atoms with Crippen LogP contribution in [0.2, 0.25) is 0 Å². The van der Waals surface area contributed by atoms with Gasteiger partial charge < -0.3 is 9.73 Å². The summed E-state index contributed by atoms with van der Waals surface area (Å²) in [5.41, 5.74) is -0.367. The highest BCUT2D eigenvalue weighted by Gasteiger charge is 2.30. The summed E-state index contributed by atoms with van der Waals surface area (Å²) in [6.45, 7) is 1.61. The third-order valence-electron chi connectivity index (χ3n) is 2.81. The Morgan fingerprint density at radius 3 is 2.60 bits per heavy atom. The van der Waals surface area contributed by atoms with Gasteiger partial charge >= 0.3 is 6.18 Å². The average molecular weight is 283 g/mol. The van der Waals surface area contributed by atoms with Crippen LogP contribution in [0.3, 0.4) is 0 Å². The van der Waals surface area contributed by atoms with Crippen molar-refractivity contribution < 1.29 is 22.4 Å². The molecule has 0 aliphatic rings. The molecule has 0 saturated carbocycles. The van der Waals surface area contributed by atoms with Gasteiger partial charge in [0.25, 0.3) is 5.91 Å². The molecular formula is C14H12F3NO2. The summed E-state index contributed by atoms with van der Waals surface area (Å²) in [5.74, 6) is -0.358.